The van der Waals surface area contributed by atoms with E-state index >= 15 is 0 Å². The molecule has 0 aromatic heterocycles. The van der Waals surface area contributed by atoms with Gasteiger partial charge in [-0.3, -0.25) is 15.0 Å². The second kappa shape index (κ2) is 9.03. The Morgan fingerprint density at radius 3 is 1.90 bits per heavy atom. The molecule has 1 atom stereocenters. The molecular formula is C16H29N3O2. The van der Waals surface area contributed by atoms with Gasteiger partial charge in [-0.25, -0.2) is 5.43 Å². The predicted octanol–water partition coefficient (Wildman–Crippen LogP) is 2.17. The second-order valence-corrected chi connectivity index (χ2v) is 6.41. The van der Waals surface area contributed by atoms with E-state index in [1.54, 1.807) is 0 Å². The van der Waals surface area contributed by atoms with Crippen LogP contribution in [0.2, 0.25) is 0 Å². The Labute approximate surface area is 127 Å². The number of nitrogens with one attached hydrogen (secondary N) is 3. The maximum atomic E-state index is 12.2. The zero-order chi connectivity index (χ0) is 14.9. The number of hydrogen-bond acceptors (Lipinski definition) is 3. The fourth-order valence-electron chi connectivity index (χ4n) is 3.22. The number of carbonyl (C=O) groups excluding carboxylic acids is 2. The van der Waals surface area contributed by atoms with E-state index in [0.717, 1.165) is 12.8 Å². The minimum atomic E-state index is -0.404. The summed E-state index contributed by atoms with van der Waals surface area (Å²) in [6, 6.07) is -0.131. The summed E-state index contributed by atoms with van der Waals surface area (Å²) in [4.78, 5) is 23.3. The topological polar surface area (TPSA) is 70.2 Å². The molecule has 5 heteroatoms. The first-order valence-electron chi connectivity index (χ1n) is 8.60. The van der Waals surface area contributed by atoms with E-state index in [1.807, 2.05) is 0 Å². The van der Waals surface area contributed by atoms with Gasteiger partial charge >= 0.3 is 0 Å². The van der Waals surface area contributed by atoms with Crippen molar-refractivity contribution in [3.8, 4) is 0 Å². The molecule has 0 spiro atoms. The van der Waals surface area contributed by atoms with Crippen LogP contribution in [-0.2, 0) is 9.59 Å². The molecule has 2 amide bonds. The van der Waals surface area contributed by atoms with Crippen molar-refractivity contribution in [3.05, 3.63) is 0 Å². The standard InChI is InChI=1S/C16H29N3O2/c20-15-12-14(18-19-15)16(21)17-13-10-8-6-4-2-1-3-5-7-9-11-13/h13-14,18H,1-12H2,(H,17,21)(H,19,20). The molecule has 1 saturated carbocycles. The Bertz CT molecular complexity index is 334. The second-order valence-electron chi connectivity index (χ2n) is 6.41. The molecule has 21 heavy (non-hydrogen) atoms. The quantitative estimate of drug-likeness (QED) is 0.731. The maximum absolute atomic E-state index is 12.2. The van der Waals surface area contributed by atoms with Crippen molar-refractivity contribution < 1.29 is 9.59 Å². The van der Waals surface area contributed by atoms with Crippen LogP contribution in [0.25, 0.3) is 0 Å². The molecule has 120 valence electrons. The minimum absolute atomic E-state index is 0.0366. The van der Waals surface area contributed by atoms with Gasteiger partial charge in [0.05, 0.1) is 6.42 Å². The largest absolute Gasteiger partial charge is 0.352 e. The monoisotopic (exact) mass is 295 g/mol. The average molecular weight is 295 g/mol. The van der Waals surface area contributed by atoms with Crippen molar-refractivity contribution in [2.75, 3.05) is 0 Å². The van der Waals surface area contributed by atoms with Crippen LogP contribution in [0.4, 0.5) is 0 Å². The summed E-state index contributed by atoms with van der Waals surface area (Å²) in [7, 11) is 0. The highest BCUT2D eigenvalue weighted by atomic mass is 16.2. The molecule has 2 rings (SSSR count). The number of amides is 2. The van der Waals surface area contributed by atoms with Gasteiger partial charge in [-0.2, -0.15) is 0 Å². The van der Waals surface area contributed by atoms with Crippen molar-refractivity contribution in [3.63, 3.8) is 0 Å². The molecule has 0 aromatic rings. The van der Waals surface area contributed by atoms with Gasteiger partial charge in [0, 0.05) is 6.04 Å². The number of carbonyl (C=O) groups is 2. The molecule has 0 radical (unpaired) electrons. The molecule has 0 aromatic carbocycles. The smallest absolute Gasteiger partial charge is 0.239 e. The third-order valence-electron chi connectivity index (χ3n) is 4.54. The van der Waals surface area contributed by atoms with E-state index in [9.17, 15) is 9.59 Å². The van der Waals surface area contributed by atoms with Crippen LogP contribution in [0.15, 0.2) is 0 Å². The summed E-state index contributed by atoms with van der Waals surface area (Å²) in [5.74, 6) is -0.140. The van der Waals surface area contributed by atoms with E-state index in [-0.39, 0.29) is 24.3 Å². The Hall–Kier alpha value is -1.10. The van der Waals surface area contributed by atoms with Gasteiger partial charge in [0.25, 0.3) is 0 Å². The minimum Gasteiger partial charge on any atom is -0.352 e. The predicted molar refractivity (Wildman–Crippen MR) is 82.4 cm³/mol. The van der Waals surface area contributed by atoms with Crippen LogP contribution in [0.5, 0.6) is 0 Å². The van der Waals surface area contributed by atoms with Crippen molar-refractivity contribution in [1.82, 2.24) is 16.2 Å². The third kappa shape index (κ3) is 6.04. The van der Waals surface area contributed by atoms with Gasteiger partial charge < -0.3 is 5.32 Å². The van der Waals surface area contributed by atoms with Crippen molar-refractivity contribution in [2.24, 2.45) is 0 Å². The van der Waals surface area contributed by atoms with Crippen LogP contribution in [-0.4, -0.2) is 23.9 Å². The Balaban J connectivity index is 1.76. The van der Waals surface area contributed by atoms with E-state index in [2.05, 4.69) is 16.2 Å². The first-order valence-corrected chi connectivity index (χ1v) is 8.60. The molecule has 1 aliphatic carbocycles. The lowest BCUT2D eigenvalue weighted by Gasteiger charge is -2.21. The summed E-state index contributed by atoms with van der Waals surface area (Å²) in [5.41, 5.74) is 5.25. The van der Waals surface area contributed by atoms with Crippen LogP contribution in [0.1, 0.15) is 77.0 Å². The van der Waals surface area contributed by atoms with E-state index in [0.29, 0.717) is 0 Å². The highest BCUT2D eigenvalue weighted by molar-refractivity contribution is 5.90. The maximum Gasteiger partial charge on any atom is 0.239 e. The van der Waals surface area contributed by atoms with Crippen molar-refractivity contribution in [2.45, 2.75) is 89.1 Å². The van der Waals surface area contributed by atoms with E-state index in [4.69, 9.17) is 0 Å². The zero-order valence-electron chi connectivity index (χ0n) is 13.0. The fourth-order valence-corrected chi connectivity index (χ4v) is 3.22. The molecule has 2 aliphatic rings. The first kappa shape index (κ1) is 16.3. The summed E-state index contributed by atoms with van der Waals surface area (Å²) in [5, 5.41) is 3.14. The number of hydrogen-bond donors (Lipinski definition) is 3. The average Bonchev–Trinajstić information content (AvgIpc) is 2.88. The van der Waals surface area contributed by atoms with Crippen LogP contribution < -0.4 is 16.2 Å². The molecule has 5 nitrogen and oxygen atoms in total. The van der Waals surface area contributed by atoms with Gasteiger partial charge in [0.1, 0.15) is 6.04 Å². The zero-order valence-corrected chi connectivity index (χ0v) is 13.0. The highest BCUT2D eigenvalue weighted by Crippen LogP contribution is 2.17. The third-order valence-corrected chi connectivity index (χ3v) is 4.54. The van der Waals surface area contributed by atoms with Crippen LogP contribution >= 0.6 is 0 Å². The Kier molecular flexibility index (Phi) is 7.00. The number of rotatable bonds is 2. The normalized spacial score (nSPS) is 26.5. The molecule has 1 aliphatic heterocycles. The van der Waals surface area contributed by atoms with E-state index in [1.165, 1.54) is 57.8 Å². The van der Waals surface area contributed by atoms with Gasteiger partial charge in [-0.05, 0) is 12.8 Å². The van der Waals surface area contributed by atoms with Crippen molar-refractivity contribution in [1.29, 1.82) is 0 Å². The highest BCUT2D eigenvalue weighted by Gasteiger charge is 2.28. The van der Waals surface area contributed by atoms with Crippen molar-refractivity contribution >= 4 is 11.8 Å². The SMILES string of the molecule is O=C1CC(C(=O)NC2CCCCCCCCCCC2)NN1. The fraction of sp³-hybridized carbons (Fsp3) is 0.875. The van der Waals surface area contributed by atoms with E-state index < -0.39 is 6.04 Å². The Morgan fingerprint density at radius 2 is 1.43 bits per heavy atom. The van der Waals surface area contributed by atoms with Gasteiger partial charge in [-0.1, -0.05) is 57.8 Å². The summed E-state index contributed by atoms with van der Waals surface area (Å²) in [6.45, 7) is 0. The van der Waals surface area contributed by atoms with Gasteiger partial charge in [0.2, 0.25) is 11.8 Å². The lowest BCUT2D eigenvalue weighted by atomic mass is 9.97. The first-order chi connectivity index (χ1) is 10.3. The molecular weight excluding hydrogens is 266 g/mol. The molecule has 1 unspecified atom stereocenters. The molecule has 2 fully saturated rings. The molecule has 1 saturated heterocycles. The van der Waals surface area contributed by atoms with Crippen LogP contribution in [0, 0.1) is 0 Å². The molecule has 1 heterocycles. The summed E-state index contributed by atoms with van der Waals surface area (Å²) < 4.78 is 0. The molecule has 3 N–H and O–H groups in total. The number of hydrazine groups is 1. The summed E-state index contributed by atoms with van der Waals surface area (Å²) >= 11 is 0. The van der Waals surface area contributed by atoms with Gasteiger partial charge in [-0.15, -0.1) is 0 Å². The lowest BCUT2D eigenvalue weighted by Crippen LogP contribution is -2.47. The Morgan fingerprint density at radius 1 is 0.905 bits per heavy atom. The summed E-state index contributed by atoms with van der Waals surface area (Å²) in [6.07, 6.45) is 14.1. The molecule has 0 bridgehead atoms. The lowest BCUT2D eigenvalue weighted by molar-refractivity contribution is -0.125. The van der Waals surface area contributed by atoms with Gasteiger partial charge in [0.15, 0.2) is 0 Å². The van der Waals surface area contributed by atoms with Crippen LogP contribution in [0.3, 0.4) is 0 Å².